The Balaban J connectivity index is 2.55. The fraction of sp³-hybridized carbons (Fsp3) is 0.200. The van der Waals surface area contributed by atoms with Gasteiger partial charge in [-0.3, -0.25) is 0 Å². The molecule has 0 aromatic heterocycles. The molecular weight excluding hydrogens is 260 g/mol. The summed E-state index contributed by atoms with van der Waals surface area (Å²) >= 11 is 0. The van der Waals surface area contributed by atoms with Gasteiger partial charge in [0, 0.05) is 0 Å². The second kappa shape index (κ2) is 5.61. The number of aromatic hydroxyl groups is 2. The minimum Gasteiger partial charge on any atom is -0.504 e. The summed E-state index contributed by atoms with van der Waals surface area (Å²) in [5.74, 6) is 1.10. The molecule has 20 heavy (non-hydrogen) atoms. The van der Waals surface area contributed by atoms with Gasteiger partial charge in [0.1, 0.15) is 0 Å². The van der Waals surface area contributed by atoms with Crippen molar-refractivity contribution in [3.8, 4) is 39.9 Å². The molecule has 2 rings (SSSR count). The molecular formula is C15H16O5. The molecule has 106 valence electrons. The van der Waals surface area contributed by atoms with E-state index in [4.69, 9.17) is 14.2 Å². The highest BCUT2D eigenvalue weighted by Crippen LogP contribution is 2.41. The lowest BCUT2D eigenvalue weighted by atomic mass is 10.0. The van der Waals surface area contributed by atoms with E-state index >= 15 is 0 Å². The van der Waals surface area contributed by atoms with Crippen LogP contribution in [0.25, 0.3) is 11.1 Å². The van der Waals surface area contributed by atoms with E-state index in [9.17, 15) is 10.2 Å². The molecule has 0 bridgehead atoms. The number of rotatable bonds is 4. The second-order valence-corrected chi connectivity index (χ2v) is 4.12. The van der Waals surface area contributed by atoms with E-state index in [1.54, 1.807) is 24.3 Å². The third-order valence-corrected chi connectivity index (χ3v) is 2.97. The molecule has 0 aliphatic carbocycles. The Morgan fingerprint density at radius 3 is 1.95 bits per heavy atom. The van der Waals surface area contributed by atoms with Crippen LogP contribution < -0.4 is 14.2 Å². The van der Waals surface area contributed by atoms with E-state index < -0.39 is 0 Å². The van der Waals surface area contributed by atoms with E-state index in [-0.39, 0.29) is 17.2 Å². The zero-order chi connectivity index (χ0) is 14.7. The lowest BCUT2D eigenvalue weighted by Gasteiger charge is -2.12. The van der Waals surface area contributed by atoms with Crippen molar-refractivity contribution in [1.82, 2.24) is 0 Å². The van der Waals surface area contributed by atoms with Crippen molar-refractivity contribution in [2.24, 2.45) is 0 Å². The predicted octanol–water partition coefficient (Wildman–Crippen LogP) is 2.79. The van der Waals surface area contributed by atoms with Crippen LogP contribution in [0.2, 0.25) is 0 Å². The topological polar surface area (TPSA) is 68.2 Å². The molecule has 0 aliphatic heterocycles. The van der Waals surface area contributed by atoms with E-state index in [1.165, 1.54) is 27.4 Å². The highest BCUT2D eigenvalue weighted by atomic mass is 16.5. The Morgan fingerprint density at radius 2 is 1.35 bits per heavy atom. The first-order chi connectivity index (χ1) is 9.60. The maximum Gasteiger partial charge on any atom is 0.203 e. The van der Waals surface area contributed by atoms with Gasteiger partial charge >= 0.3 is 0 Å². The van der Waals surface area contributed by atoms with Crippen LogP contribution >= 0.6 is 0 Å². The first-order valence-corrected chi connectivity index (χ1v) is 5.93. The summed E-state index contributed by atoms with van der Waals surface area (Å²) in [5.41, 5.74) is 1.49. The van der Waals surface area contributed by atoms with Gasteiger partial charge in [0.2, 0.25) is 5.75 Å². The van der Waals surface area contributed by atoms with Gasteiger partial charge in [-0.25, -0.2) is 0 Å². The number of phenols is 2. The number of hydrogen-bond acceptors (Lipinski definition) is 5. The Morgan fingerprint density at radius 1 is 0.700 bits per heavy atom. The zero-order valence-electron chi connectivity index (χ0n) is 11.5. The largest absolute Gasteiger partial charge is 0.504 e. The second-order valence-electron chi connectivity index (χ2n) is 4.12. The first kappa shape index (κ1) is 13.9. The molecule has 0 fully saturated rings. The molecule has 2 N–H and O–H groups in total. The van der Waals surface area contributed by atoms with Crippen LogP contribution in [0.5, 0.6) is 28.7 Å². The van der Waals surface area contributed by atoms with E-state index in [0.29, 0.717) is 11.5 Å². The Labute approximate surface area is 117 Å². The molecule has 0 saturated carbocycles. The summed E-state index contributed by atoms with van der Waals surface area (Å²) in [4.78, 5) is 0. The third-order valence-electron chi connectivity index (χ3n) is 2.97. The number of ether oxygens (including phenoxy) is 3. The van der Waals surface area contributed by atoms with Crippen molar-refractivity contribution in [2.45, 2.75) is 0 Å². The first-order valence-electron chi connectivity index (χ1n) is 5.93. The van der Waals surface area contributed by atoms with Crippen molar-refractivity contribution in [3.05, 3.63) is 30.3 Å². The van der Waals surface area contributed by atoms with Crippen LogP contribution in [0.3, 0.4) is 0 Å². The SMILES string of the molecule is COc1cc(-c2cc(O)c(OC)c(OC)c2)ccc1O. The highest BCUT2D eigenvalue weighted by molar-refractivity contribution is 5.72. The standard InChI is InChI=1S/C15H16O5/c1-18-13-7-9(4-5-11(13)16)10-6-12(17)15(20-3)14(8-10)19-2/h4-8,16-17H,1-3H3. The maximum atomic E-state index is 9.96. The molecule has 0 radical (unpaired) electrons. The van der Waals surface area contributed by atoms with Crippen molar-refractivity contribution in [2.75, 3.05) is 21.3 Å². The van der Waals surface area contributed by atoms with Gasteiger partial charge in [0.15, 0.2) is 23.0 Å². The number of hydrogen-bond donors (Lipinski definition) is 2. The van der Waals surface area contributed by atoms with Crippen LogP contribution in [0, 0.1) is 0 Å². The van der Waals surface area contributed by atoms with Gasteiger partial charge in [-0.1, -0.05) is 6.07 Å². The summed E-state index contributed by atoms with van der Waals surface area (Å²) in [6.07, 6.45) is 0. The molecule has 2 aromatic carbocycles. The maximum absolute atomic E-state index is 9.96. The minimum atomic E-state index is -0.0195. The predicted molar refractivity (Wildman–Crippen MR) is 74.9 cm³/mol. The van der Waals surface area contributed by atoms with Gasteiger partial charge in [0.05, 0.1) is 21.3 Å². The van der Waals surface area contributed by atoms with Crippen LogP contribution in [0.15, 0.2) is 30.3 Å². The molecule has 0 heterocycles. The van der Waals surface area contributed by atoms with Crippen molar-refractivity contribution in [1.29, 1.82) is 0 Å². The summed E-state index contributed by atoms with van der Waals surface area (Å²) in [7, 11) is 4.43. The third kappa shape index (κ3) is 2.42. The average molecular weight is 276 g/mol. The normalized spacial score (nSPS) is 10.2. The van der Waals surface area contributed by atoms with E-state index in [2.05, 4.69) is 0 Å². The Hall–Kier alpha value is -2.56. The molecule has 0 spiro atoms. The van der Waals surface area contributed by atoms with Crippen molar-refractivity contribution in [3.63, 3.8) is 0 Å². The lowest BCUT2D eigenvalue weighted by Crippen LogP contribution is -1.92. The smallest absolute Gasteiger partial charge is 0.203 e. The molecule has 0 unspecified atom stereocenters. The molecule has 5 nitrogen and oxygen atoms in total. The fourth-order valence-corrected chi connectivity index (χ4v) is 1.97. The van der Waals surface area contributed by atoms with Crippen LogP contribution in [-0.4, -0.2) is 31.5 Å². The van der Waals surface area contributed by atoms with Crippen molar-refractivity contribution >= 4 is 0 Å². The van der Waals surface area contributed by atoms with Gasteiger partial charge < -0.3 is 24.4 Å². The van der Waals surface area contributed by atoms with E-state index in [1.807, 2.05) is 0 Å². The molecule has 0 atom stereocenters. The Bertz CT molecular complexity index is 622. The van der Waals surface area contributed by atoms with Gasteiger partial charge in [-0.05, 0) is 35.4 Å². The fourth-order valence-electron chi connectivity index (χ4n) is 1.97. The van der Waals surface area contributed by atoms with Gasteiger partial charge in [-0.2, -0.15) is 0 Å². The van der Waals surface area contributed by atoms with Crippen molar-refractivity contribution < 1.29 is 24.4 Å². The van der Waals surface area contributed by atoms with E-state index in [0.717, 1.165) is 11.1 Å². The summed E-state index contributed by atoms with van der Waals surface area (Å²) in [6, 6.07) is 8.23. The molecule has 0 saturated heterocycles. The van der Waals surface area contributed by atoms with Crippen LogP contribution in [0.4, 0.5) is 0 Å². The zero-order valence-corrected chi connectivity index (χ0v) is 11.5. The molecule has 0 amide bonds. The highest BCUT2D eigenvalue weighted by Gasteiger charge is 2.13. The summed E-state index contributed by atoms with van der Waals surface area (Å²) < 4.78 is 15.3. The number of methoxy groups -OCH3 is 3. The summed E-state index contributed by atoms with van der Waals surface area (Å²) in [6.45, 7) is 0. The molecule has 2 aromatic rings. The van der Waals surface area contributed by atoms with Gasteiger partial charge in [-0.15, -0.1) is 0 Å². The minimum absolute atomic E-state index is 0.0195. The number of benzene rings is 2. The number of phenolic OH excluding ortho intramolecular Hbond substituents is 2. The molecule has 5 heteroatoms. The van der Waals surface area contributed by atoms with Crippen LogP contribution in [0.1, 0.15) is 0 Å². The molecule has 0 aliphatic rings. The quantitative estimate of drug-likeness (QED) is 0.898. The summed E-state index contributed by atoms with van der Waals surface area (Å²) in [5, 5.41) is 19.6. The lowest BCUT2D eigenvalue weighted by molar-refractivity contribution is 0.333. The average Bonchev–Trinajstić information content (AvgIpc) is 2.46. The van der Waals surface area contributed by atoms with Gasteiger partial charge in [0.25, 0.3) is 0 Å². The monoisotopic (exact) mass is 276 g/mol. The Kier molecular flexibility index (Phi) is 3.89. The van der Waals surface area contributed by atoms with Crippen LogP contribution in [-0.2, 0) is 0 Å².